The lowest BCUT2D eigenvalue weighted by atomic mass is 10.1. The fourth-order valence-electron chi connectivity index (χ4n) is 1.42. The average Bonchev–Trinajstić information content (AvgIpc) is 2.71. The zero-order valence-corrected chi connectivity index (χ0v) is 9.20. The number of aromatic nitrogens is 2. The molecule has 0 aliphatic heterocycles. The maximum Gasteiger partial charge on any atom is 0.231 e. The van der Waals surface area contributed by atoms with Gasteiger partial charge < -0.3 is 9.84 Å². The van der Waals surface area contributed by atoms with Crippen LogP contribution in [0.4, 0.5) is 8.78 Å². The third kappa shape index (κ3) is 2.85. The van der Waals surface area contributed by atoms with Crippen molar-refractivity contribution in [2.45, 2.75) is 13.0 Å². The van der Waals surface area contributed by atoms with E-state index in [1.165, 1.54) is 12.1 Å². The first-order chi connectivity index (χ1) is 8.19. The van der Waals surface area contributed by atoms with E-state index in [0.717, 1.165) is 6.07 Å². The highest BCUT2D eigenvalue weighted by Crippen LogP contribution is 2.13. The number of halogens is 2. The van der Waals surface area contributed by atoms with Crippen LogP contribution in [-0.4, -0.2) is 17.2 Å². The van der Waals surface area contributed by atoms with Crippen LogP contribution < -0.4 is 5.32 Å². The molecule has 0 saturated heterocycles. The Morgan fingerprint density at radius 1 is 1.35 bits per heavy atom. The monoisotopic (exact) mass is 239 g/mol. The SMILES string of the molecule is CNCc1noc(Cc2ccc(F)cc2F)n1. The van der Waals surface area contributed by atoms with Crippen LogP contribution in [0.5, 0.6) is 0 Å². The normalized spacial score (nSPS) is 10.8. The van der Waals surface area contributed by atoms with Gasteiger partial charge in [0.1, 0.15) is 11.6 Å². The molecule has 2 rings (SSSR count). The molecule has 1 heterocycles. The highest BCUT2D eigenvalue weighted by atomic mass is 19.1. The van der Waals surface area contributed by atoms with Crippen molar-refractivity contribution < 1.29 is 13.3 Å². The predicted octanol–water partition coefficient (Wildman–Crippen LogP) is 1.66. The number of rotatable bonds is 4. The minimum atomic E-state index is -0.613. The van der Waals surface area contributed by atoms with Crippen molar-refractivity contribution in [2.75, 3.05) is 7.05 Å². The molecular weight excluding hydrogens is 228 g/mol. The van der Waals surface area contributed by atoms with E-state index >= 15 is 0 Å². The maximum absolute atomic E-state index is 13.3. The largest absolute Gasteiger partial charge is 0.339 e. The molecular formula is C11H11F2N3O. The molecule has 0 bridgehead atoms. The lowest BCUT2D eigenvalue weighted by Crippen LogP contribution is -2.06. The van der Waals surface area contributed by atoms with E-state index in [1.54, 1.807) is 7.05 Å². The summed E-state index contributed by atoms with van der Waals surface area (Å²) in [5, 5.41) is 6.58. The van der Waals surface area contributed by atoms with Crippen LogP contribution in [0, 0.1) is 11.6 Å². The summed E-state index contributed by atoms with van der Waals surface area (Å²) in [6.07, 6.45) is 0.156. The Hall–Kier alpha value is -1.82. The van der Waals surface area contributed by atoms with Crippen LogP contribution in [0.15, 0.2) is 22.7 Å². The van der Waals surface area contributed by atoms with Gasteiger partial charge in [-0.15, -0.1) is 0 Å². The van der Waals surface area contributed by atoms with E-state index in [1.807, 2.05) is 0 Å². The van der Waals surface area contributed by atoms with Gasteiger partial charge in [0, 0.05) is 6.07 Å². The molecule has 1 aromatic carbocycles. The lowest BCUT2D eigenvalue weighted by molar-refractivity contribution is 0.377. The Labute approximate surface area is 96.6 Å². The van der Waals surface area contributed by atoms with Gasteiger partial charge in [-0.25, -0.2) is 8.78 Å². The predicted molar refractivity (Wildman–Crippen MR) is 56.2 cm³/mol. The summed E-state index contributed by atoms with van der Waals surface area (Å²) in [5.41, 5.74) is 0.325. The third-order valence-corrected chi connectivity index (χ3v) is 2.20. The molecule has 90 valence electrons. The van der Waals surface area contributed by atoms with Crippen molar-refractivity contribution in [3.05, 3.63) is 47.1 Å². The quantitative estimate of drug-likeness (QED) is 0.881. The fourth-order valence-corrected chi connectivity index (χ4v) is 1.42. The molecule has 0 spiro atoms. The molecule has 1 N–H and O–H groups in total. The van der Waals surface area contributed by atoms with Crippen molar-refractivity contribution in [3.63, 3.8) is 0 Å². The molecule has 0 aliphatic carbocycles. The highest BCUT2D eigenvalue weighted by molar-refractivity contribution is 5.21. The molecule has 0 radical (unpaired) electrons. The summed E-state index contributed by atoms with van der Waals surface area (Å²) in [4.78, 5) is 4.06. The second-order valence-corrected chi connectivity index (χ2v) is 3.55. The summed E-state index contributed by atoms with van der Waals surface area (Å²) in [7, 11) is 1.76. The van der Waals surface area contributed by atoms with E-state index in [9.17, 15) is 8.78 Å². The number of benzene rings is 1. The standard InChI is InChI=1S/C11H11F2N3O/c1-14-6-10-15-11(17-16-10)4-7-2-3-8(12)5-9(7)13/h2-3,5,14H,4,6H2,1H3. The topological polar surface area (TPSA) is 51.0 Å². The maximum atomic E-state index is 13.3. The van der Waals surface area contributed by atoms with Crippen molar-refractivity contribution in [1.82, 2.24) is 15.5 Å². The van der Waals surface area contributed by atoms with Crippen molar-refractivity contribution in [2.24, 2.45) is 0 Å². The average molecular weight is 239 g/mol. The zero-order chi connectivity index (χ0) is 12.3. The first kappa shape index (κ1) is 11.7. The summed E-state index contributed by atoms with van der Waals surface area (Å²) >= 11 is 0. The van der Waals surface area contributed by atoms with Gasteiger partial charge in [-0.2, -0.15) is 4.98 Å². The first-order valence-corrected chi connectivity index (χ1v) is 5.09. The molecule has 6 heteroatoms. The Bertz CT molecular complexity index is 513. The van der Waals surface area contributed by atoms with Crippen LogP contribution in [0.2, 0.25) is 0 Å². The van der Waals surface area contributed by atoms with Crippen molar-refractivity contribution in [1.29, 1.82) is 0 Å². The molecule has 0 amide bonds. The van der Waals surface area contributed by atoms with Crippen LogP contribution >= 0.6 is 0 Å². The van der Waals surface area contributed by atoms with E-state index in [2.05, 4.69) is 15.5 Å². The first-order valence-electron chi connectivity index (χ1n) is 5.09. The number of nitrogens with one attached hydrogen (secondary N) is 1. The third-order valence-electron chi connectivity index (χ3n) is 2.20. The molecule has 0 aliphatic rings. The summed E-state index contributed by atoms with van der Waals surface area (Å²) in [5.74, 6) is -0.406. The van der Waals surface area contributed by atoms with Crippen molar-refractivity contribution in [3.8, 4) is 0 Å². The molecule has 1 aromatic heterocycles. The van der Waals surface area contributed by atoms with Gasteiger partial charge in [-0.05, 0) is 18.7 Å². The van der Waals surface area contributed by atoms with Gasteiger partial charge in [0.05, 0.1) is 13.0 Å². The summed E-state index contributed by atoms with van der Waals surface area (Å²) < 4.78 is 31.0. The minimum Gasteiger partial charge on any atom is -0.339 e. The number of hydrogen-bond acceptors (Lipinski definition) is 4. The second-order valence-electron chi connectivity index (χ2n) is 3.55. The second kappa shape index (κ2) is 5.01. The van der Waals surface area contributed by atoms with Crippen LogP contribution in [0.25, 0.3) is 0 Å². The van der Waals surface area contributed by atoms with Crippen molar-refractivity contribution >= 4 is 0 Å². The number of hydrogen-bond donors (Lipinski definition) is 1. The van der Waals surface area contributed by atoms with E-state index in [-0.39, 0.29) is 6.42 Å². The van der Waals surface area contributed by atoms with Gasteiger partial charge in [0.2, 0.25) is 5.89 Å². The summed E-state index contributed by atoms with van der Waals surface area (Å²) in [6, 6.07) is 3.40. The Morgan fingerprint density at radius 2 is 2.18 bits per heavy atom. The van der Waals surface area contributed by atoms with E-state index in [4.69, 9.17) is 4.52 Å². The Morgan fingerprint density at radius 3 is 2.88 bits per heavy atom. The molecule has 0 atom stereocenters. The van der Waals surface area contributed by atoms with Gasteiger partial charge in [0.15, 0.2) is 5.82 Å². The highest BCUT2D eigenvalue weighted by Gasteiger charge is 2.10. The van der Waals surface area contributed by atoms with Crippen LogP contribution in [-0.2, 0) is 13.0 Å². The lowest BCUT2D eigenvalue weighted by Gasteiger charge is -1.98. The zero-order valence-electron chi connectivity index (χ0n) is 9.20. The number of nitrogens with zero attached hydrogens (tertiary/aromatic N) is 2. The van der Waals surface area contributed by atoms with Gasteiger partial charge >= 0.3 is 0 Å². The molecule has 0 saturated carbocycles. The van der Waals surface area contributed by atoms with Crippen LogP contribution in [0.1, 0.15) is 17.3 Å². The van der Waals surface area contributed by atoms with E-state index < -0.39 is 11.6 Å². The minimum absolute atomic E-state index is 0.156. The van der Waals surface area contributed by atoms with Gasteiger partial charge in [-0.3, -0.25) is 0 Å². The van der Waals surface area contributed by atoms with Gasteiger partial charge in [-0.1, -0.05) is 11.2 Å². The molecule has 2 aromatic rings. The molecule has 0 unspecified atom stereocenters. The van der Waals surface area contributed by atoms with Gasteiger partial charge in [0.25, 0.3) is 0 Å². The summed E-state index contributed by atoms with van der Waals surface area (Å²) in [6.45, 7) is 0.482. The van der Waals surface area contributed by atoms with E-state index in [0.29, 0.717) is 23.8 Å². The Kier molecular flexibility index (Phi) is 3.43. The molecule has 0 fully saturated rings. The Balaban J connectivity index is 2.13. The molecule has 17 heavy (non-hydrogen) atoms. The smallest absolute Gasteiger partial charge is 0.231 e. The molecule has 4 nitrogen and oxygen atoms in total. The fraction of sp³-hybridized carbons (Fsp3) is 0.273. The van der Waals surface area contributed by atoms with Crippen LogP contribution in [0.3, 0.4) is 0 Å².